The second-order valence-electron chi connectivity index (χ2n) is 7.72. The smallest absolute Gasteiger partial charge is 0.191 e. The van der Waals surface area contributed by atoms with Crippen LogP contribution in [0, 0.1) is 17.2 Å². The topological polar surface area (TPSA) is 54.5 Å². The van der Waals surface area contributed by atoms with Crippen molar-refractivity contribution in [1.29, 1.82) is 5.26 Å². The minimum absolute atomic E-state index is 0.0167. The van der Waals surface area contributed by atoms with Gasteiger partial charge in [-0.3, -0.25) is 0 Å². The van der Waals surface area contributed by atoms with Gasteiger partial charge in [0.05, 0.1) is 12.0 Å². The number of benzene rings is 2. The molecule has 0 radical (unpaired) electrons. The number of aromatic nitrogens is 3. The van der Waals surface area contributed by atoms with Gasteiger partial charge in [0.25, 0.3) is 0 Å². The van der Waals surface area contributed by atoms with E-state index in [9.17, 15) is 0 Å². The normalized spacial score (nSPS) is 16.1. The molecule has 2 aromatic carbocycles. The summed E-state index contributed by atoms with van der Waals surface area (Å²) >= 11 is 1.68. The Morgan fingerprint density at radius 2 is 1.89 bits per heavy atom. The van der Waals surface area contributed by atoms with Crippen LogP contribution >= 0.6 is 11.8 Å². The first-order chi connectivity index (χ1) is 13.8. The summed E-state index contributed by atoms with van der Waals surface area (Å²) in [5.41, 5.74) is 1.30. The lowest BCUT2D eigenvalue weighted by molar-refractivity contribution is 0.330. The van der Waals surface area contributed by atoms with E-state index in [0.717, 1.165) is 23.2 Å². The van der Waals surface area contributed by atoms with E-state index in [4.69, 9.17) is 5.26 Å². The molecule has 0 unspecified atom stereocenters. The lowest BCUT2D eigenvalue weighted by Gasteiger charge is -2.25. The van der Waals surface area contributed by atoms with E-state index < -0.39 is 0 Å². The molecule has 1 aliphatic carbocycles. The molecule has 4 rings (SSSR count). The maximum atomic E-state index is 9.13. The summed E-state index contributed by atoms with van der Waals surface area (Å²) in [5, 5.41) is 21.8. The summed E-state index contributed by atoms with van der Waals surface area (Å²) in [6.07, 6.45) is 7.05. The molecule has 28 heavy (non-hydrogen) atoms. The van der Waals surface area contributed by atoms with Crippen LogP contribution in [0.3, 0.4) is 0 Å². The van der Waals surface area contributed by atoms with Gasteiger partial charge in [0.1, 0.15) is 5.82 Å². The molecule has 0 bridgehead atoms. The highest BCUT2D eigenvalue weighted by molar-refractivity contribution is 7.99. The van der Waals surface area contributed by atoms with Crippen molar-refractivity contribution < 1.29 is 0 Å². The molecule has 5 heteroatoms. The highest BCUT2D eigenvalue weighted by Crippen LogP contribution is 2.34. The van der Waals surface area contributed by atoms with E-state index in [2.05, 4.69) is 63.3 Å². The van der Waals surface area contributed by atoms with Crippen molar-refractivity contribution in [2.45, 2.75) is 56.6 Å². The monoisotopic (exact) mass is 390 g/mol. The molecule has 1 fully saturated rings. The van der Waals surface area contributed by atoms with Crippen LogP contribution in [-0.4, -0.2) is 20.5 Å². The lowest BCUT2D eigenvalue weighted by Crippen LogP contribution is -2.17. The number of fused-ring (bicyclic) bond motifs is 1. The maximum absolute atomic E-state index is 9.13. The fourth-order valence-electron chi connectivity index (χ4n) is 4.09. The van der Waals surface area contributed by atoms with E-state index in [1.165, 1.54) is 48.4 Å². The summed E-state index contributed by atoms with van der Waals surface area (Å²) < 4.78 is 2.38. The largest absolute Gasteiger partial charge is 0.303 e. The van der Waals surface area contributed by atoms with Crippen molar-refractivity contribution in [1.82, 2.24) is 14.8 Å². The number of nitrogens with zero attached hydrogens (tertiary/aromatic N) is 4. The van der Waals surface area contributed by atoms with E-state index in [1.54, 1.807) is 11.8 Å². The Bertz CT molecular complexity index is 976. The van der Waals surface area contributed by atoms with Crippen LogP contribution in [0.15, 0.2) is 47.6 Å². The highest BCUT2D eigenvalue weighted by atomic mass is 32.2. The molecular weight excluding hydrogens is 364 g/mol. The zero-order valence-electron chi connectivity index (χ0n) is 16.3. The third-order valence-electron chi connectivity index (χ3n) is 5.59. The van der Waals surface area contributed by atoms with Crippen LogP contribution in [-0.2, 0) is 6.42 Å². The minimum Gasteiger partial charge on any atom is -0.303 e. The zero-order chi connectivity index (χ0) is 19.3. The van der Waals surface area contributed by atoms with Crippen LogP contribution in [0.25, 0.3) is 10.8 Å². The molecule has 1 saturated carbocycles. The third kappa shape index (κ3) is 4.07. The average molecular weight is 391 g/mol. The Morgan fingerprint density at radius 3 is 2.71 bits per heavy atom. The molecular formula is C23H26N4S. The average Bonchev–Trinajstić information content (AvgIpc) is 3.15. The Kier molecular flexibility index (Phi) is 5.97. The minimum atomic E-state index is 0.0167. The van der Waals surface area contributed by atoms with Gasteiger partial charge in [0.15, 0.2) is 5.16 Å². The Morgan fingerprint density at radius 1 is 1.11 bits per heavy atom. The van der Waals surface area contributed by atoms with Gasteiger partial charge in [-0.05, 0) is 36.1 Å². The maximum Gasteiger partial charge on any atom is 0.191 e. The number of hydrogen-bond donors (Lipinski definition) is 0. The Balaban J connectivity index is 1.67. The molecule has 0 saturated heterocycles. The molecule has 0 aliphatic heterocycles. The second-order valence-corrected chi connectivity index (χ2v) is 8.70. The molecule has 1 atom stereocenters. The molecule has 4 nitrogen and oxygen atoms in total. The van der Waals surface area contributed by atoms with Crippen molar-refractivity contribution in [3.05, 3.63) is 53.9 Å². The molecule has 144 valence electrons. The fraction of sp³-hybridized carbons (Fsp3) is 0.435. The van der Waals surface area contributed by atoms with Crippen LogP contribution < -0.4 is 0 Å². The highest BCUT2D eigenvalue weighted by Gasteiger charge is 2.23. The van der Waals surface area contributed by atoms with Crippen LogP contribution in [0.1, 0.15) is 56.5 Å². The van der Waals surface area contributed by atoms with Gasteiger partial charge in [-0.25, -0.2) is 0 Å². The first kappa shape index (κ1) is 19.0. The summed E-state index contributed by atoms with van der Waals surface area (Å²) in [4.78, 5) is 0. The number of rotatable bonds is 6. The second kappa shape index (κ2) is 8.79. The zero-order valence-corrected chi connectivity index (χ0v) is 17.2. The van der Waals surface area contributed by atoms with Crippen molar-refractivity contribution in [3.8, 4) is 6.07 Å². The van der Waals surface area contributed by atoms with Gasteiger partial charge in [-0.15, -0.1) is 10.2 Å². The van der Waals surface area contributed by atoms with E-state index in [-0.39, 0.29) is 5.92 Å². The number of hydrogen-bond acceptors (Lipinski definition) is 4. The summed E-state index contributed by atoms with van der Waals surface area (Å²) in [7, 11) is 0. The third-order valence-corrected chi connectivity index (χ3v) is 6.79. The molecule has 0 spiro atoms. The SMILES string of the molecule is C[C@H](C#N)CSc1nnc(Cc2cccc3ccccc23)n1C1CCCCC1. The molecule has 3 aromatic rings. The number of nitriles is 1. The van der Waals surface area contributed by atoms with Crippen molar-refractivity contribution in [3.63, 3.8) is 0 Å². The fourth-order valence-corrected chi connectivity index (χ4v) is 5.05. The summed E-state index contributed by atoms with van der Waals surface area (Å²) in [6.45, 7) is 1.96. The van der Waals surface area contributed by atoms with Crippen LogP contribution in [0.2, 0.25) is 0 Å². The Hall–Kier alpha value is -2.32. The van der Waals surface area contributed by atoms with Crippen LogP contribution in [0.4, 0.5) is 0 Å². The predicted molar refractivity (Wildman–Crippen MR) is 114 cm³/mol. The van der Waals surface area contributed by atoms with Gasteiger partial charge in [-0.1, -0.05) is 73.5 Å². The lowest BCUT2D eigenvalue weighted by atomic mass is 9.95. The van der Waals surface area contributed by atoms with Gasteiger partial charge in [-0.2, -0.15) is 5.26 Å². The summed E-state index contributed by atoms with van der Waals surface area (Å²) in [6, 6.07) is 17.8. The van der Waals surface area contributed by atoms with E-state index >= 15 is 0 Å². The van der Waals surface area contributed by atoms with Crippen molar-refractivity contribution in [2.24, 2.45) is 5.92 Å². The van der Waals surface area contributed by atoms with Crippen molar-refractivity contribution in [2.75, 3.05) is 5.75 Å². The van der Waals surface area contributed by atoms with Gasteiger partial charge >= 0.3 is 0 Å². The van der Waals surface area contributed by atoms with Gasteiger partial charge in [0.2, 0.25) is 0 Å². The Labute approximate surface area is 171 Å². The van der Waals surface area contributed by atoms with Crippen LogP contribution in [0.5, 0.6) is 0 Å². The van der Waals surface area contributed by atoms with E-state index in [0.29, 0.717) is 6.04 Å². The van der Waals surface area contributed by atoms with Gasteiger partial charge < -0.3 is 4.57 Å². The quantitative estimate of drug-likeness (QED) is 0.501. The predicted octanol–water partition coefficient (Wildman–Crippen LogP) is 5.78. The number of thioether (sulfide) groups is 1. The van der Waals surface area contributed by atoms with Crippen molar-refractivity contribution >= 4 is 22.5 Å². The van der Waals surface area contributed by atoms with Gasteiger partial charge in [0, 0.05) is 18.2 Å². The standard InChI is InChI=1S/C23H26N4S/c1-17(15-24)16-28-23-26-25-22(27(23)20-11-3-2-4-12-20)14-19-10-7-9-18-8-5-6-13-21(18)19/h5-10,13,17,20H,2-4,11-12,14,16H2,1H3/t17-/m1/s1. The van der Waals surface area contributed by atoms with E-state index in [1.807, 2.05) is 6.92 Å². The first-order valence-electron chi connectivity index (χ1n) is 10.2. The molecule has 0 amide bonds. The molecule has 1 heterocycles. The molecule has 1 aromatic heterocycles. The summed E-state index contributed by atoms with van der Waals surface area (Å²) in [5.74, 6) is 1.83. The molecule has 0 N–H and O–H groups in total. The first-order valence-corrected chi connectivity index (χ1v) is 11.2. The molecule has 1 aliphatic rings.